The van der Waals surface area contributed by atoms with Crippen molar-refractivity contribution in [3.63, 3.8) is 0 Å². The Bertz CT molecular complexity index is 1750. The van der Waals surface area contributed by atoms with Gasteiger partial charge in [0.05, 0.1) is 6.54 Å². The zero-order valence-corrected chi connectivity index (χ0v) is 34.6. The zero-order chi connectivity index (χ0) is 42.0. The number of alkyl carbamates (subject to hydrolysis) is 1. The minimum atomic E-state index is -1.10. The molecule has 13 heteroatoms. The van der Waals surface area contributed by atoms with Gasteiger partial charge in [-0.1, -0.05) is 66.7 Å². The SMILES string of the molecule is Cc1ccc(OCCN(C)C(=O)OC(C)(C)C)cc1CNC(=O)[C@H](CCc1ccccc1)NC(=O)[C@H](CCCC(=O)OC(C)(C)C)NC(=O)OCc1ccccc1. The molecule has 0 saturated carbocycles. The van der Waals surface area contributed by atoms with Crippen LogP contribution in [0.4, 0.5) is 9.59 Å². The van der Waals surface area contributed by atoms with Gasteiger partial charge in [0.2, 0.25) is 11.8 Å². The van der Waals surface area contributed by atoms with Crippen LogP contribution >= 0.6 is 0 Å². The van der Waals surface area contributed by atoms with Crippen LogP contribution in [0.5, 0.6) is 5.75 Å². The maximum absolute atomic E-state index is 13.9. The quantitative estimate of drug-likeness (QED) is 0.0879. The zero-order valence-electron chi connectivity index (χ0n) is 34.6. The van der Waals surface area contributed by atoms with E-state index in [9.17, 15) is 24.0 Å². The van der Waals surface area contributed by atoms with Crippen molar-refractivity contribution in [2.45, 2.75) is 117 Å². The number of aryl methyl sites for hydroxylation is 2. The number of carbonyl (C=O) groups excluding carboxylic acids is 5. The minimum Gasteiger partial charge on any atom is -0.492 e. The van der Waals surface area contributed by atoms with Crippen LogP contribution < -0.4 is 20.7 Å². The Morgan fingerprint density at radius 2 is 1.35 bits per heavy atom. The van der Waals surface area contributed by atoms with E-state index in [4.69, 9.17) is 18.9 Å². The number of amides is 4. The number of nitrogens with one attached hydrogen (secondary N) is 3. The molecule has 57 heavy (non-hydrogen) atoms. The van der Waals surface area contributed by atoms with Crippen LogP contribution in [0.15, 0.2) is 78.9 Å². The second-order valence-corrected chi connectivity index (χ2v) is 15.9. The third kappa shape index (κ3) is 18.3. The molecule has 0 unspecified atom stereocenters. The van der Waals surface area contributed by atoms with Crippen molar-refractivity contribution in [1.29, 1.82) is 0 Å². The lowest BCUT2D eigenvalue weighted by Gasteiger charge is -2.24. The molecule has 0 heterocycles. The first-order chi connectivity index (χ1) is 26.9. The number of likely N-dealkylation sites (N-methyl/N-ethyl adjacent to an activating group) is 1. The Labute approximate surface area is 337 Å². The predicted molar refractivity (Wildman–Crippen MR) is 217 cm³/mol. The first kappa shape index (κ1) is 45.8. The summed E-state index contributed by atoms with van der Waals surface area (Å²) in [5.74, 6) is -0.864. The van der Waals surface area contributed by atoms with E-state index in [2.05, 4.69) is 16.0 Å². The Kier molecular flexibility index (Phi) is 17.9. The standard InChI is InChI=1S/C44H60N4O9/c1-31-22-24-35(54-27-26-48(8)42(53)57-44(5,6)7)28-34(31)29-45-39(50)37(25-23-32-16-11-9-12-17-32)46-40(51)36(20-15-21-38(49)56-43(2,3)4)47-41(52)55-30-33-18-13-10-14-19-33/h9-14,16-19,22,24,28,36-37H,15,20-21,23,25-27,29-30H2,1-8H3,(H,45,50)(H,46,51)(H,47,52)/t36-,37-/m0/s1. The average Bonchev–Trinajstić information content (AvgIpc) is 3.14. The fraction of sp³-hybridized carbons (Fsp3) is 0.477. The fourth-order valence-electron chi connectivity index (χ4n) is 5.48. The molecule has 0 radical (unpaired) electrons. The minimum absolute atomic E-state index is 0.00415. The Morgan fingerprint density at radius 3 is 1.98 bits per heavy atom. The van der Waals surface area contributed by atoms with E-state index in [1.165, 1.54) is 4.90 Å². The maximum atomic E-state index is 13.9. The summed E-state index contributed by atoms with van der Waals surface area (Å²) in [5.41, 5.74) is 2.21. The largest absolute Gasteiger partial charge is 0.492 e. The average molecular weight is 789 g/mol. The summed E-state index contributed by atoms with van der Waals surface area (Å²) >= 11 is 0. The molecule has 2 atom stereocenters. The molecule has 4 amide bonds. The predicted octanol–water partition coefficient (Wildman–Crippen LogP) is 6.78. The van der Waals surface area contributed by atoms with Gasteiger partial charge in [-0.3, -0.25) is 14.4 Å². The van der Waals surface area contributed by atoms with E-state index in [0.717, 1.165) is 22.3 Å². The summed E-state index contributed by atoms with van der Waals surface area (Å²) in [5, 5.41) is 8.47. The van der Waals surface area contributed by atoms with Crippen LogP contribution in [0, 0.1) is 6.92 Å². The summed E-state index contributed by atoms with van der Waals surface area (Å²) in [6, 6.07) is 22.2. The molecular formula is C44H60N4O9. The molecule has 0 fully saturated rings. The van der Waals surface area contributed by atoms with Crippen molar-refractivity contribution in [1.82, 2.24) is 20.9 Å². The van der Waals surface area contributed by atoms with E-state index in [-0.39, 0.29) is 45.4 Å². The number of rotatable bonds is 19. The molecule has 0 aliphatic heterocycles. The third-order valence-electron chi connectivity index (χ3n) is 8.49. The highest BCUT2D eigenvalue weighted by Gasteiger charge is 2.28. The number of ether oxygens (including phenoxy) is 4. The molecule has 0 aliphatic carbocycles. The molecule has 3 rings (SSSR count). The number of benzene rings is 3. The highest BCUT2D eigenvalue weighted by molar-refractivity contribution is 5.91. The second-order valence-electron chi connectivity index (χ2n) is 15.9. The van der Waals surface area contributed by atoms with Crippen molar-refractivity contribution in [3.8, 4) is 5.75 Å². The lowest BCUT2D eigenvalue weighted by molar-refractivity contribution is -0.155. The van der Waals surface area contributed by atoms with E-state index >= 15 is 0 Å². The summed E-state index contributed by atoms with van der Waals surface area (Å²) in [7, 11) is 1.64. The van der Waals surface area contributed by atoms with Crippen molar-refractivity contribution < 1.29 is 42.9 Å². The summed E-state index contributed by atoms with van der Waals surface area (Å²) in [6.07, 6.45) is -0.121. The summed E-state index contributed by atoms with van der Waals surface area (Å²) < 4.78 is 22.1. The molecule has 3 aromatic carbocycles. The van der Waals surface area contributed by atoms with Gasteiger partial charge in [0.1, 0.15) is 42.2 Å². The first-order valence-corrected chi connectivity index (χ1v) is 19.4. The van der Waals surface area contributed by atoms with Gasteiger partial charge in [0, 0.05) is 20.0 Å². The molecule has 0 spiro atoms. The highest BCUT2D eigenvalue weighted by Crippen LogP contribution is 2.19. The molecular weight excluding hydrogens is 729 g/mol. The van der Waals surface area contributed by atoms with Crippen LogP contribution in [0.1, 0.15) is 89.5 Å². The maximum Gasteiger partial charge on any atom is 0.410 e. The fourth-order valence-corrected chi connectivity index (χ4v) is 5.48. The van der Waals surface area contributed by atoms with Gasteiger partial charge < -0.3 is 39.8 Å². The Balaban J connectivity index is 1.71. The molecule has 0 bridgehead atoms. The van der Waals surface area contributed by atoms with Gasteiger partial charge in [-0.15, -0.1) is 0 Å². The van der Waals surface area contributed by atoms with Gasteiger partial charge in [-0.25, -0.2) is 9.59 Å². The molecule has 3 N–H and O–H groups in total. The Hall–Kier alpha value is -5.59. The molecule has 13 nitrogen and oxygen atoms in total. The number of esters is 1. The van der Waals surface area contributed by atoms with Crippen LogP contribution in [0.3, 0.4) is 0 Å². The van der Waals surface area contributed by atoms with Crippen LogP contribution in [-0.4, -0.2) is 78.4 Å². The second kappa shape index (κ2) is 22.2. The Morgan fingerprint density at radius 1 is 0.737 bits per heavy atom. The normalized spacial score (nSPS) is 12.4. The molecule has 0 aromatic heterocycles. The van der Waals surface area contributed by atoms with Crippen molar-refractivity contribution >= 4 is 30.0 Å². The smallest absolute Gasteiger partial charge is 0.410 e. The molecule has 0 aliphatic rings. The van der Waals surface area contributed by atoms with Gasteiger partial charge in [-0.05, 0) is 109 Å². The topological polar surface area (TPSA) is 162 Å². The van der Waals surface area contributed by atoms with E-state index in [1.54, 1.807) is 48.6 Å². The monoisotopic (exact) mass is 788 g/mol. The van der Waals surface area contributed by atoms with E-state index in [1.807, 2.05) is 85.8 Å². The van der Waals surface area contributed by atoms with Gasteiger partial charge in [-0.2, -0.15) is 0 Å². The van der Waals surface area contributed by atoms with E-state index in [0.29, 0.717) is 18.7 Å². The summed E-state index contributed by atoms with van der Waals surface area (Å²) in [4.78, 5) is 66.9. The lowest BCUT2D eigenvalue weighted by Crippen LogP contribution is -2.53. The highest BCUT2D eigenvalue weighted by atomic mass is 16.6. The molecule has 3 aromatic rings. The van der Waals surface area contributed by atoms with Crippen LogP contribution in [0.25, 0.3) is 0 Å². The van der Waals surface area contributed by atoms with Gasteiger partial charge >= 0.3 is 18.2 Å². The number of hydrogen-bond acceptors (Lipinski definition) is 9. The van der Waals surface area contributed by atoms with Crippen molar-refractivity contribution in [2.75, 3.05) is 20.2 Å². The third-order valence-corrected chi connectivity index (χ3v) is 8.49. The van der Waals surface area contributed by atoms with Crippen molar-refractivity contribution in [3.05, 3.63) is 101 Å². The molecule has 0 saturated heterocycles. The number of nitrogens with zero attached hydrogens (tertiary/aromatic N) is 1. The van der Waals surface area contributed by atoms with Crippen LogP contribution in [0.2, 0.25) is 0 Å². The number of hydrogen-bond donors (Lipinski definition) is 3. The first-order valence-electron chi connectivity index (χ1n) is 19.4. The lowest BCUT2D eigenvalue weighted by atomic mass is 10.0. The van der Waals surface area contributed by atoms with Crippen LogP contribution in [-0.2, 0) is 48.2 Å². The molecule has 310 valence electrons. The van der Waals surface area contributed by atoms with Crippen molar-refractivity contribution in [2.24, 2.45) is 0 Å². The van der Waals surface area contributed by atoms with E-state index < -0.39 is 53.3 Å². The van der Waals surface area contributed by atoms with Gasteiger partial charge in [0.15, 0.2) is 0 Å². The van der Waals surface area contributed by atoms with Gasteiger partial charge in [0.25, 0.3) is 0 Å². The number of carbonyl (C=O) groups is 5. The summed E-state index contributed by atoms with van der Waals surface area (Å²) in [6.45, 7) is 13.3.